The summed E-state index contributed by atoms with van der Waals surface area (Å²) in [6.07, 6.45) is 0.935. The minimum Gasteiger partial charge on any atom is -0.345 e. The van der Waals surface area contributed by atoms with E-state index in [-0.39, 0.29) is 30.3 Å². The van der Waals surface area contributed by atoms with Crippen LogP contribution in [0.1, 0.15) is 30.8 Å². The average Bonchev–Trinajstić information content (AvgIpc) is 2.84. The molecule has 0 aliphatic carbocycles. The molecule has 2 unspecified atom stereocenters. The van der Waals surface area contributed by atoms with Crippen LogP contribution in [-0.4, -0.2) is 48.0 Å². The van der Waals surface area contributed by atoms with Gasteiger partial charge in [0.15, 0.2) is 5.13 Å². The number of anilines is 1. The topological polar surface area (TPSA) is 62.5 Å². The molecule has 0 spiro atoms. The van der Waals surface area contributed by atoms with E-state index in [1.165, 1.54) is 4.88 Å². The molecular weight excluding hydrogens is 320 g/mol. The number of nitrogens with two attached hydrogens (primary N) is 1. The molecule has 0 bridgehead atoms. The van der Waals surface area contributed by atoms with Gasteiger partial charge in [0.2, 0.25) is 5.91 Å². The predicted molar refractivity (Wildman–Crippen MR) is 95.1 cm³/mol. The molecule has 1 amide bonds. The third kappa shape index (κ3) is 4.12. The normalized spacial score (nSPS) is 17.9. The fraction of sp³-hybridized carbons (Fsp3) is 0.733. The smallest absolute Gasteiger partial charge is 0.239 e. The van der Waals surface area contributed by atoms with Gasteiger partial charge in [0.05, 0.1) is 11.7 Å². The zero-order valence-electron chi connectivity index (χ0n) is 13.8. The molecule has 5 nitrogen and oxygen atoms in total. The third-order valence-electron chi connectivity index (χ3n) is 4.42. The summed E-state index contributed by atoms with van der Waals surface area (Å²) in [6, 6.07) is -0.370. The maximum Gasteiger partial charge on any atom is 0.239 e. The van der Waals surface area contributed by atoms with Crippen molar-refractivity contribution < 1.29 is 4.79 Å². The molecule has 0 aromatic carbocycles. The van der Waals surface area contributed by atoms with Crippen LogP contribution in [0.25, 0.3) is 0 Å². The number of carbonyl (C=O) groups excluding carboxylic acids is 1. The molecule has 2 N–H and O–H groups in total. The summed E-state index contributed by atoms with van der Waals surface area (Å²) in [4.78, 5) is 22.4. The Morgan fingerprint density at radius 2 is 1.91 bits per heavy atom. The predicted octanol–water partition coefficient (Wildman–Crippen LogP) is 2.20. The molecule has 7 heteroatoms. The Hall–Kier alpha value is -0.850. The molecule has 1 aliphatic heterocycles. The lowest BCUT2D eigenvalue weighted by molar-refractivity contribution is -0.134. The molecule has 2 rings (SSSR count). The Morgan fingerprint density at radius 3 is 2.36 bits per heavy atom. The van der Waals surface area contributed by atoms with Crippen molar-refractivity contribution in [3.8, 4) is 0 Å². The molecule has 0 saturated carbocycles. The Balaban J connectivity index is 0.00000242. The summed E-state index contributed by atoms with van der Waals surface area (Å²) in [6.45, 7) is 11.4. The number of aryl methyl sites for hydroxylation is 2. The number of piperazine rings is 1. The minimum absolute atomic E-state index is 0. The van der Waals surface area contributed by atoms with Crippen LogP contribution in [0.3, 0.4) is 0 Å². The van der Waals surface area contributed by atoms with Crippen LogP contribution in [-0.2, 0) is 4.79 Å². The Morgan fingerprint density at radius 1 is 1.32 bits per heavy atom. The molecule has 2 heterocycles. The van der Waals surface area contributed by atoms with E-state index in [1.54, 1.807) is 11.3 Å². The monoisotopic (exact) mass is 346 g/mol. The van der Waals surface area contributed by atoms with Crippen LogP contribution in [0.15, 0.2) is 0 Å². The van der Waals surface area contributed by atoms with E-state index < -0.39 is 0 Å². The van der Waals surface area contributed by atoms with E-state index in [0.717, 1.165) is 43.4 Å². The molecule has 2 atom stereocenters. The van der Waals surface area contributed by atoms with Gasteiger partial charge in [-0.2, -0.15) is 0 Å². The van der Waals surface area contributed by atoms with E-state index >= 15 is 0 Å². The number of carbonyl (C=O) groups is 1. The van der Waals surface area contributed by atoms with Gasteiger partial charge in [0.25, 0.3) is 0 Å². The van der Waals surface area contributed by atoms with E-state index in [0.29, 0.717) is 0 Å². The number of halogens is 1. The van der Waals surface area contributed by atoms with Gasteiger partial charge in [-0.25, -0.2) is 4.98 Å². The summed E-state index contributed by atoms with van der Waals surface area (Å²) in [5.74, 6) is 0.329. The van der Waals surface area contributed by atoms with Gasteiger partial charge in [-0.1, -0.05) is 20.3 Å². The largest absolute Gasteiger partial charge is 0.345 e. The molecule has 1 aliphatic rings. The minimum atomic E-state index is -0.370. The van der Waals surface area contributed by atoms with Gasteiger partial charge in [-0.15, -0.1) is 23.7 Å². The van der Waals surface area contributed by atoms with Crippen molar-refractivity contribution in [2.75, 3.05) is 31.1 Å². The highest BCUT2D eigenvalue weighted by Crippen LogP contribution is 2.26. The second-order valence-electron chi connectivity index (χ2n) is 5.86. The molecule has 126 valence electrons. The Bertz CT molecular complexity index is 480. The maximum atomic E-state index is 12.4. The second-order valence-corrected chi connectivity index (χ2v) is 7.04. The Labute approximate surface area is 143 Å². The highest BCUT2D eigenvalue weighted by Gasteiger charge is 2.28. The number of aromatic nitrogens is 1. The van der Waals surface area contributed by atoms with E-state index in [4.69, 9.17) is 5.73 Å². The standard InChI is InChI=1S/C15H26N4OS.ClH/c1-5-10(2)13(16)14(20)18-6-8-19(9-7-18)15-17-11(3)12(4)21-15;/h10,13H,5-9,16H2,1-4H3;1H. The van der Waals surface area contributed by atoms with Gasteiger partial charge in [0.1, 0.15) is 0 Å². The van der Waals surface area contributed by atoms with E-state index in [9.17, 15) is 4.79 Å². The second kappa shape index (κ2) is 8.13. The number of rotatable bonds is 4. The Kier molecular flexibility index (Phi) is 7.09. The van der Waals surface area contributed by atoms with Crippen LogP contribution in [0.5, 0.6) is 0 Å². The molecule has 1 aromatic rings. The average molecular weight is 347 g/mol. The first-order valence-electron chi connectivity index (χ1n) is 7.67. The summed E-state index contributed by atoms with van der Waals surface area (Å²) in [7, 11) is 0. The highest BCUT2D eigenvalue weighted by atomic mass is 35.5. The van der Waals surface area contributed by atoms with Gasteiger partial charge in [-0.05, 0) is 19.8 Å². The number of thiazole rings is 1. The molecule has 1 aromatic heterocycles. The van der Waals surface area contributed by atoms with Crippen LogP contribution in [0.4, 0.5) is 5.13 Å². The van der Waals surface area contributed by atoms with Crippen molar-refractivity contribution in [2.24, 2.45) is 11.7 Å². The summed E-state index contributed by atoms with van der Waals surface area (Å²) >= 11 is 1.73. The lowest BCUT2D eigenvalue weighted by Crippen LogP contribution is -2.54. The number of nitrogens with zero attached hydrogens (tertiary/aromatic N) is 3. The van der Waals surface area contributed by atoms with Crippen LogP contribution >= 0.6 is 23.7 Å². The van der Waals surface area contributed by atoms with Crippen molar-refractivity contribution in [2.45, 2.75) is 40.2 Å². The summed E-state index contributed by atoms with van der Waals surface area (Å²) in [5, 5.41) is 1.07. The van der Waals surface area contributed by atoms with E-state index in [2.05, 4.69) is 23.7 Å². The van der Waals surface area contributed by atoms with Crippen molar-refractivity contribution in [3.63, 3.8) is 0 Å². The van der Waals surface area contributed by atoms with Gasteiger partial charge < -0.3 is 15.5 Å². The van der Waals surface area contributed by atoms with Crippen molar-refractivity contribution >= 4 is 34.8 Å². The van der Waals surface area contributed by atoms with Crippen molar-refractivity contribution in [3.05, 3.63) is 10.6 Å². The molecule has 1 saturated heterocycles. The fourth-order valence-electron chi connectivity index (χ4n) is 2.42. The lowest BCUT2D eigenvalue weighted by Gasteiger charge is -2.36. The SMILES string of the molecule is CCC(C)C(N)C(=O)N1CCN(c2nc(C)c(C)s2)CC1.Cl. The lowest BCUT2D eigenvalue weighted by atomic mass is 9.98. The van der Waals surface area contributed by atoms with Crippen molar-refractivity contribution in [1.82, 2.24) is 9.88 Å². The number of amides is 1. The summed E-state index contributed by atoms with van der Waals surface area (Å²) in [5.41, 5.74) is 7.16. The van der Waals surface area contributed by atoms with Gasteiger partial charge in [0, 0.05) is 31.1 Å². The fourth-order valence-corrected chi connectivity index (χ4v) is 3.38. The maximum absolute atomic E-state index is 12.4. The first kappa shape index (κ1) is 19.2. The van der Waals surface area contributed by atoms with Crippen LogP contribution in [0, 0.1) is 19.8 Å². The zero-order valence-corrected chi connectivity index (χ0v) is 15.5. The number of hydrogen-bond donors (Lipinski definition) is 1. The highest BCUT2D eigenvalue weighted by molar-refractivity contribution is 7.15. The zero-order chi connectivity index (χ0) is 15.6. The first-order chi connectivity index (χ1) is 9.93. The van der Waals surface area contributed by atoms with Crippen molar-refractivity contribution in [1.29, 1.82) is 0 Å². The molecular formula is C15H27ClN4OS. The third-order valence-corrected chi connectivity index (χ3v) is 5.55. The quantitative estimate of drug-likeness (QED) is 0.907. The first-order valence-corrected chi connectivity index (χ1v) is 8.49. The van der Waals surface area contributed by atoms with Gasteiger partial charge >= 0.3 is 0 Å². The van der Waals surface area contributed by atoms with Crippen LogP contribution in [0.2, 0.25) is 0 Å². The molecule has 1 fully saturated rings. The summed E-state index contributed by atoms with van der Waals surface area (Å²) < 4.78 is 0. The molecule has 22 heavy (non-hydrogen) atoms. The van der Waals surface area contributed by atoms with Gasteiger partial charge in [-0.3, -0.25) is 4.79 Å². The van der Waals surface area contributed by atoms with E-state index in [1.807, 2.05) is 18.7 Å². The molecule has 0 radical (unpaired) electrons. The number of hydrogen-bond acceptors (Lipinski definition) is 5. The van der Waals surface area contributed by atoms with Crippen LogP contribution < -0.4 is 10.6 Å².